The van der Waals surface area contributed by atoms with Gasteiger partial charge in [-0.15, -0.1) is 0 Å². The number of rotatable bonds is 10. The third-order valence-corrected chi connectivity index (χ3v) is 4.50. The zero-order valence-corrected chi connectivity index (χ0v) is 17.8. The summed E-state index contributed by atoms with van der Waals surface area (Å²) < 4.78 is 10.9. The van der Waals surface area contributed by atoms with Crippen LogP contribution in [0, 0.1) is 0 Å². The molecule has 0 saturated carbocycles. The molecule has 0 fully saturated rings. The fourth-order valence-corrected chi connectivity index (χ4v) is 2.84. The number of carbonyl (C=O) groups excluding carboxylic acids is 2. The Bertz CT molecular complexity index is 966. The lowest BCUT2D eigenvalue weighted by Gasteiger charge is -2.19. The minimum absolute atomic E-state index is 0.00618. The molecule has 0 unspecified atom stereocenters. The molecule has 2 aromatic carbocycles. The molecule has 0 spiro atoms. The van der Waals surface area contributed by atoms with Gasteiger partial charge in [0.1, 0.15) is 0 Å². The van der Waals surface area contributed by atoms with Gasteiger partial charge in [0, 0.05) is 19.2 Å². The molecule has 2 N–H and O–H groups in total. The first-order valence-corrected chi connectivity index (χ1v) is 9.79. The summed E-state index contributed by atoms with van der Waals surface area (Å²) in [5, 5.41) is 11.7. The second-order valence-electron chi connectivity index (χ2n) is 6.44. The first-order valence-electron chi connectivity index (χ1n) is 9.79. The van der Waals surface area contributed by atoms with Crippen molar-refractivity contribution in [2.24, 2.45) is 0 Å². The van der Waals surface area contributed by atoms with E-state index in [-0.39, 0.29) is 23.8 Å². The van der Waals surface area contributed by atoms with Gasteiger partial charge in [0.25, 0.3) is 5.91 Å². The Morgan fingerprint density at radius 1 is 1.06 bits per heavy atom. The van der Waals surface area contributed by atoms with Gasteiger partial charge in [-0.1, -0.05) is 18.2 Å². The zero-order valence-electron chi connectivity index (χ0n) is 17.8. The van der Waals surface area contributed by atoms with Crippen LogP contribution in [0.25, 0.3) is 6.08 Å². The number of nitrogens with zero attached hydrogens (tertiary/aromatic N) is 1. The lowest BCUT2D eigenvalue weighted by atomic mass is 10.1. The lowest BCUT2D eigenvalue weighted by Crippen LogP contribution is -2.34. The number of carboxylic acid groups (broad SMARTS) is 1. The number of likely N-dealkylation sites (N-methyl/N-ethyl adjacent to an activating group) is 1. The van der Waals surface area contributed by atoms with Gasteiger partial charge in [0.05, 0.1) is 18.4 Å². The van der Waals surface area contributed by atoms with Crippen LogP contribution >= 0.6 is 0 Å². The van der Waals surface area contributed by atoms with Crippen LogP contribution in [0.15, 0.2) is 48.5 Å². The minimum atomic E-state index is -1.13. The van der Waals surface area contributed by atoms with Gasteiger partial charge in [0.15, 0.2) is 18.1 Å². The molecule has 164 valence electrons. The summed E-state index contributed by atoms with van der Waals surface area (Å²) in [5.74, 6) is -0.877. The van der Waals surface area contributed by atoms with Crippen LogP contribution in [-0.4, -0.2) is 54.6 Å². The van der Waals surface area contributed by atoms with E-state index in [4.69, 9.17) is 9.47 Å². The van der Waals surface area contributed by atoms with Gasteiger partial charge in [0.2, 0.25) is 5.91 Å². The molecule has 0 bridgehead atoms. The van der Waals surface area contributed by atoms with Crippen LogP contribution in [0.3, 0.4) is 0 Å². The number of aromatic carboxylic acids is 1. The topological polar surface area (TPSA) is 105 Å². The monoisotopic (exact) mass is 426 g/mol. The molecule has 8 nitrogen and oxygen atoms in total. The van der Waals surface area contributed by atoms with E-state index >= 15 is 0 Å². The van der Waals surface area contributed by atoms with Crippen LogP contribution in [0.1, 0.15) is 29.8 Å². The first kappa shape index (κ1) is 23.5. The van der Waals surface area contributed by atoms with Crippen molar-refractivity contribution in [3.8, 4) is 11.5 Å². The number of carbonyl (C=O) groups is 3. The highest BCUT2D eigenvalue weighted by molar-refractivity contribution is 6.06. The fourth-order valence-electron chi connectivity index (χ4n) is 2.84. The Labute approximate surface area is 181 Å². The van der Waals surface area contributed by atoms with E-state index in [9.17, 15) is 19.5 Å². The summed E-state index contributed by atoms with van der Waals surface area (Å²) in [7, 11) is 1.48. The molecule has 2 aromatic rings. The molecule has 31 heavy (non-hydrogen) atoms. The molecule has 0 saturated heterocycles. The van der Waals surface area contributed by atoms with Gasteiger partial charge in [-0.25, -0.2) is 4.79 Å². The van der Waals surface area contributed by atoms with Crippen LogP contribution in [0.2, 0.25) is 0 Å². The largest absolute Gasteiger partial charge is 0.493 e. The second-order valence-corrected chi connectivity index (χ2v) is 6.44. The average molecular weight is 426 g/mol. The fraction of sp³-hybridized carbons (Fsp3) is 0.261. The minimum Gasteiger partial charge on any atom is -0.493 e. The van der Waals surface area contributed by atoms with E-state index in [1.807, 2.05) is 13.8 Å². The quantitative estimate of drug-likeness (QED) is 0.565. The third-order valence-electron chi connectivity index (χ3n) is 4.50. The molecule has 0 aliphatic heterocycles. The maximum absolute atomic E-state index is 12.2. The van der Waals surface area contributed by atoms with Crippen molar-refractivity contribution in [3.05, 3.63) is 59.7 Å². The second kappa shape index (κ2) is 11.4. The highest BCUT2D eigenvalue weighted by Gasteiger charge is 2.13. The van der Waals surface area contributed by atoms with Gasteiger partial charge in [-0.2, -0.15) is 0 Å². The number of anilines is 1. The molecule has 8 heteroatoms. The summed E-state index contributed by atoms with van der Waals surface area (Å²) in [6.07, 6.45) is 2.85. The van der Waals surface area contributed by atoms with Crippen molar-refractivity contribution >= 4 is 29.5 Å². The first-order chi connectivity index (χ1) is 14.9. The highest BCUT2D eigenvalue weighted by Crippen LogP contribution is 2.28. The van der Waals surface area contributed by atoms with Crippen molar-refractivity contribution in [3.63, 3.8) is 0 Å². The van der Waals surface area contributed by atoms with Crippen molar-refractivity contribution in [1.82, 2.24) is 4.90 Å². The number of methoxy groups -OCH3 is 1. The number of hydrogen-bond acceptors (Lipinski definition) is 5. The number of benzene rings is 2. The predicted octanol–water partition coefficient (Wildman–Crippen LogP) is 3.29. The molecule has 2 amide bonds. The van der Waals surface area contributed by atoms with Crippen LogP contribution in [-0.2, 0) is 9.59 Å². The molecular formula is C23H26N2O6. The average Bonchev–Trinajstić information content (AvgIpc) is 2.77. The predicted molar refractivity (Wildman–Crippen MR) is 117 cm³/mol. The van der Waals surface area contributed by atoms with Crippen LogP contribution in [0.5, 0.6) is 11.5 Å². The van der Waals surface area contributed by atoms with E-state index < -0.39 is 11.9 Å². The maximum atomic E-state index is 12.2. The molecule has 0 aliphatic rings. The van der Waals surface area contributed by atoms with E-state index in [1.54, 1.807) is 41.3 Å². The van der Waals surface area contributed by atoms with Crippen molar-refractivity contribution in [2.45, 2.75) is 13.8 Å². The number of ether oxygens (including phenoxy) is 2. The van der Waals surface area contributed by atoms with E-state index in [0.29, 0.717) is 30.2 Å². The molecule has 0 heterocycles. The number of amides is 2. The summed E-state index contributed by atoms with van der Waals surface area (Å²) in [5.41, 5.74) is 0.886. The molecule has 0 aliphatic carbocycles. The normalized spacial score (nSPS) is 10.5. The van der Waals surface area contributed by atoms with E-state index in [2.05, 4.69) is 5.32 Å². The maximum Gasteiger partial charge on any atom is 0.337 e. The summed E-state index contributed by atoms with van der Waals surface area (Å²) in [6.45, 7) is 4.93. The number of nitrogens with one attached hydrogen (secondary N) is 1. The van der Waals surface area contributed by atoms with E-state index in [0.717, 1.165) is 0 Å². The smallest absolute Gasteiger partial charge is 0.337 e. The SMILES string of the molecule is CCN(CC)C(=O)COc1ccc(C=CC(=O)Nc2ccccc2C(=O)O)cc1OC. The Hall–Kier alpha value is -3.81. The number of carboxylic acids is 1. The van der Waals surface area contributed by atoms with Gasteiger partial charge in [-0.05, 0) is 49.8 Å². The molecule has 2 rings (SSSR count). The van der Waals surface area contributed by atoms with Crippen LogP contribution in [0.4, 0.5) is 5.69 Å². The van der Waals surface area contributed by atoms with Crippen LogP contribution < -0.4 is 14.8 Å². The molecule has 0 atom stereocenters. The summed E-state index contributed by atoms with van der Waals surface area (Å²) in [6, 6.07) is 11.2. The Morgan fingerprint density at radius 3 is 2.42 bits per heavy atom. The Morgan fingerprint density at radius 2 is 1.77 bits per heavy atom. The van der Waals surface area contributed by atoms with Gasteiger partial charge < -0.3 is 24.8 Å². The van der Waals surface area contributed by atoms with Crippen molar-refractivity contribution in [2.75, 3.05) is 32.1 Å². The summed E-state index contributed by atoms with van der Waals surface area (Å²) >= 11 is 0. The van der Waals surface area contributed by atoms with E-state index in [1.165, 1.54) is 25.3 Å². The van der Waals surface area contributed by atoms with Gasteiger partial charge in [-0.3, -0.25) is 9.59 Å². The lowest BCUT2D eigenvalue weighted by molar-refractivity contribution is -0.133. The Balaban J connectivity index is 2.05. The van der Waals surface area contributed by atoms with Gasteiger partial charge >= 0.3 is 5.97 Å². The molecular weight excluding hydrogens is 400 g/mol. The Kier molecular flexibility index (Phi) is 8.63. The highest BCUT2D eigenvalue weighted by atomic mass is 16.5. The van der Waals surface area contributed by atoms with Crippen molar-refractivity contribution < 1.29 is 29.0 Å². The van der Waals surface area contributed by atoms with Crippen molar-refractivity contribution in [1.29, 1.82) is 0 Å². The summed E-state index contributed by atoms with van der Waals surface area (Å²) in [4.78, 5) is 37.2. The standard InChI is InChI=1S/C23H26N2O6/c1-4-25(5-2)22(27)15-31-19-12-10-16(14-20(19)30-3)11-13-21(26)24-18-9-7-6-8-17(18)23(28)29/h6-14H,4-5,15H2,1-3H3,(H,24,26)(H,28,29). The molecule has 0 aromatic heterocycles. The zero-order chi connectivity index (χ0) is 22.8. The third kappa shape index (κ3) is 6.60. The number of hydrogen-bond donors (Lipinski definition) is 2. The molecule has 0 radical (unpaired) electrons. The number of para-hydroxylation sites is 1.